The zero-order chi connectivity index (χ0) is 37.3. The third-order valence-electron chi connectivity index (χ3n) is 11.1. The van der Waals surface area contributed by atoms with Gasteiger partial charge in [0.2, 0.25) is 11.8 Å². The van der Waals surface area contributed by atoms with E-state index in [1.54, 1.807) is 54.6 Å². The minimum absolute atomic E-state index is 0.0352. The van der Waals surface area contributed by atoms with E-state index in [0.29, 0.717) is 27.5 Å². The molecule has 4 amide bonds. The van der Waals surface area contributed by atoms with Crippen molar-refractivity contribution in [2.24, 2.45) is 23.7 Å². The summed E-state index contributed by atoms with van der Waals surface area (Å²) in [5, 5.41) is 21.9. The summed E-state index contributed by atoms with van der Waals surface area (Å²) in [5.41, 5.74) is 3.45. The first-order valence-electron chi connectivity index (χ1n) is 16.9. The first-order valence-corrected chi connectivity index (χ1v) is 17.7. The lowest BCUT2D eigenvalue weighted by atomic mass is 9.49. The Morgan fingerprint density at radius 2 is 1.64 bits per heavy atom. The summed E-state index contributed by atoms with van der Waals surface area (Å²) < 4.78 is 5.43. The molecular weight excluding hydrogens is 721 g/mol. The monoisotopic (exact) mass is 751 g/mol. The number of nitrogens with zero attached hydrogens (tertiary/aromatic N) is 2. The van der Waals surface area contributed by atoms with Crippen LogP contribution in [-0.2, 0) is 24.6 Å². The number of methoxy groups -OCH3 is 1. The molecule has 8 rings (SSSR count). The molecule has 4 aromatic rings. The van der Waals surface area contributed by atoms with Crippen LogP contribution in [0.25, 0.3) is 0 Å². The number of hydrazine groups is 1. The second kappa shape index (κ2) is 12.8. The minimum atomic E-state index is -1.58. The third kappa shape index (κ3) is 5.20. The van der Waals surface area contributed by atoms with Crippen LogP contribution < -0.4 is 15.1 Å². The molecule has 4 aromatic carbocycles. The smallest absolute Gasteiger partial charge is 0.335 e. The first kappa shape index (κ1) is 34.4. The van der Waals surface area contributed by atoms with Gasteiger partial charge in [0.1, 0.15) is 11.5 Å². The van der Waals surface area contributed by atoms with Crippen LogP contribution in [0.3, 0.4) is 0 Å². The van der Waals surface area contributed by atoms with E-state index in [9.17, 15) is 29.4 Å². The van der Waals surface area contributed by atoms with E-state index in [2.05, 4.69) is 5.43 Å². The molecule has 2 aliphatic carbocycles. The van der Waals surface area contributed by atoms with Gasteiger partial charge in [-0.2, -0.15) is 5.01 Å². The summed E-state index contributed by atoms with van der Waals surface area (Å²) in [5.74, 6) is -7.11. The molecule has 0 spiro atoms. The molecule has 0 aromatic heterocycles. The molecule has 6 atom stereocenters. The van der Waals surface area contributed by atoms with Gasteiger partial charge in [0, 0.05) is 10.9 Å². The van der Waals surface area contributed by atoms with Crippen molar-refractivity contribution in [3.05, 3.63) is 129 Å². The molecule has 13 heteroatoms. The highest BCUT2D eigenvalue weighted by Gasteiger charge is 2.70. The van der Waals surface area contributed by atoms with Crippen molar-refractivity contribution in [1.29, 1.82) is 0 Å². The van der Waals surface area contributed by atoms with Crippen LogP contribution in [-0.4, -0.2) is 51.9 Å². The number of phenols is 1. The average molecular weight is 753 g/mol. The van der Waals surface area contributed by atoms with Gasteiger partial charge < -0.3 is 14.9 Å². The largest absolute Gasteiger partial charge is 0.508 e. The molecule has 1 saturated carbocycles. The second-order valence-corrected chi connectivity index (χ2v) is 14.5. The Kier molecular flexibility index (Phi) is 8.31. The van der Waals surface area contributed by atoms with Gasteiger partial charge in [0.15, 0.2) is 0 Å². The van der Waals surface area contributed by atoms with Crippen molar-refractivity contribution in [1.82, 2.24) is 5.01 Å². The van der Waals surface area contributed by atoms with Crippen LogP contribution in [0.4, 0.5) is 11.4 Å². The molecule has 3 N–H and O–H groups in total. The third-order valence-corrected chi connectivity index (χ3v) is 11.7. The fraction of sp³-hybridized carbons (Fsp3) is 0.225. The molecule has 11 nitrogen and oxygen atoms in total. The SMILES string of the molecule is COc1ccc(C23C(=O)N(Nc4ccc(Cl)cc4Cl)C(=O)C2CC2C(=CCC4C(=O)N(c5cccc(C(=O)O)c5)C(=O)C42)C3c2cccc(O)c2)cc1. The van der Waals surface area contributed by atoms with Gasteiger partial charge in [-0.25, -0.2) is 4.79 Å². The standard InChI is InChI=1S/C40H31Cl2N3O8/c1-53-26-11-8-22(9-12-26)40-30(36(48)45(39(40)52)43-32-15-10-23(41)18-31(32)42)19-29-27(34(40)20-4-3-7-25(46)17-20)13-14-28-33(29)37(49)44(35(28)47)24-6-2-5-21(16-24)38(50)51/h2-13,15-18,28-30,33-34,43,46H,14,19H2,1H3,(H,50,51). The van der Waals surface area contributed by atoms with E-state index in [1.807, 2.05) is 6.08 Å². The second-order valence-electron chi connectivity index (χ2n) is 13.7. The zero-order valence-corrected chi connectivity index (χ0v) is 29.5. The molecule has 268 valence electrons. The molecule has 2 heterocycles. The summed E-state index contributed by atoms with van der Waals surface area (Å²) in [6.07, 6.45) is 2.10. The number of halogens is 2. The predicted molar refractivity (Wildman–Crippen MR) is 195 cm³/mol. The number of anilines is 2. The molecule has 6 unspecified atom stereocenters. The number of nitrogens with one attached hydrogen (secondary N) is 1. The van der Waals surface area contributed by atoms with Gasteiger partial charge in [-0.1, -0.05) is 65.2 Å². The number of rotatable bonds is 7. The highest BCUT2D eigenvalue weighted by atomic mass is 35.5. The number of hydrogen-bond donors (Lipinski definition) is 3. The zero-order valence-electron chi connectivity index (χ0n) is 28.0. The van der Waals surface area contributed by atoms with Crippen molar-refractivity contribution in [3.63, 3.8) is 0 Å². The van der Waals surface area contributed by atoms with Gasteiger partial charge >= 0.3 is 5.97 Å². The first-order chi connectivity index (χ1) is 25.4. The van der Waals surface area contributed by atoms with Crippen molar-refractivity contribution < 1.29 is 38.9 Å². The number of benzene rings is 4. The average Bonchev–Trinajstić information content (AvgIpc) is 3.53. The number of hydrogen-bond acceptors (Lipinski definition) is 8. The number of aromatic carboxylic acids is 1. The highest BCUT2D eigenvalue weighted by Crippen LogP contribution is 2.64. The Bertz CT molecular complexity index is 2280. The number of imide groups is 2. The Hall–Kier alpha value is -5.65. The van der Waals surface area contributed by atoms with E-state index in [0.717, 1.165) is 9.91 Å². The van der Waals surface area contributed by atoms with Gasteiger partial charge in [0.25, 0.3) is 11.8 Å². The lowest BCUT2D eigenvalue weighted by Gasteiger charge is -2.50. The molecule has 2 aliphatic heterocycles. The maximum atomic E-state index is 15.3. The number of aromatic hydroxyl groups is 1. The molecule has 0 bridgehead atoms. The van der Waals surface area contributed by atoms with E-state index in [-0.39, 0.29) is 40.6 Å². The number of fused-ring (bicyclic) bond motifs is 4. The maximum Gasteiger partial charge on any atom is 0.335 e. The van der Waals surface area contributed by atoms with E-state index >= 15 is 4.79 Å². The van der Waals surface area contributed by atoms with Crippen molar-refractivity contribution in [3.8, 4) is 11.5 Å². The van der Waals surface area contributed by atoms with Crippen molar-refractivity contribution in [2.75, 3.05) is 17.4 Å². The number of carboxylic acids is 1. The number of carbonyl (C=O) groups is 5. The minimum Gasteiger partial charge on any atom is -0.508 e. The van der Waals surface area contributed by atoms with Crippen LogP contribution in [0.15, 0.2) is 103 Å². The maximum absolute atomic E-state index is 15.3. The number of ether oxygens (including phenoxy) is 1. The summed E-state index contributed by atoms with van der Waals surface area (Å²) >= 11 is 12.7. The van der Waals surface area contributed by atoms with Crippen LogP contribution in [0, 0.1) is 23.7 Å². The Balaban J connectivity index is 1.31. The van der Waals surface area contributed by atoms with E-state index in [4.69, 9.17) is 27.9 Å². The quantitative estimate of drug-likeness (QED) is 0.140. The molecular formula is C40H31Cl2N3O8. The molecule has 3 fully saturated rings. The predicted octanol–water partition coefficient (Wildman–Crippen LogP) is 6.60. The normalized spacial score (nSPS) is 26.2. The van der Waals surface area contributed by atoms with Crippen LogP contribution >= 0.6 is 23.2 Å². The van der Waals surface area contributed by atoms with Crippen molar-refractivity contribution in [2.45, 2.75) is 24.2 Å². The summed E-state index contributed by atoms with van der Waals surface area (Å²) in [4.78, 5) is 71.5. The molecule has 2 saturated heterocycles. The molecule has 0 radical (unpaired) electrons. The van der Waals surface area contributed by atoms with E-state index in [1.165, 1.54) is 43.5 Å². The lowest BCUT2D eigenvalue weighted by molar-refractivity contribution is -0.138. The lowest BCUT2D eigenvalue weighted by Crippen LogP contribution is -2.53. The topological polar surface area (TPSA) is 154 Å². The van der Waals surface area contributed by atoms with Crippen molar-refractivity contribution >= 4 is 64.2 Å². The Labute approximate surface area is 313 Å². The molecule has 4 aliphatic rings. The van der Waals surface area contributed by atoms with Gasteiger partial charge in [-0.15, -0.1) is 0 Å². The fourth-order valence-electron chi connectivity index (χ4n) is 8.96. The number of carboxylic acid groups (broad SMARTS) is 1. The fourth-order valence-corrected chi connectivity index (χ4v) is 9.41. The van der Waals surface area contributed by atoms with E-state index < -0.39 is 64.6 Å². The summed E-state index contributed by atoms with van der Waals surface area (Å²) in [6.45, 7) is 0. The summed E-state index contributed by atoms with van der Waals surface area (Å²) in [6, 6.07) is 23.7. The van der Waals surface area contributed by atoms with Crippen LogP contribution in [0.5, 0.6) is 11.5 Å². The Morgan fingerprint density at radius 1 is 0.887 bits per heavy atom. The van der Waals surface area contributed by atoms with Gasteiger partial charge in [-0.3, -0.25) is 29.5 Å². The highest BCUT2D eigenvalue weighted by molar-refractivity contribution is 6.36. The van der Waals surface area contributed by atoms with Crippen LogP contribution in [0.2, 0.25) is 10.0 Å². The van der Waals surface area contributed by atoms with Crippen LogP contribution in [0.1, 0.15) is 40.2 Å². The summed E-state index contributed by atoms with van der Waals surface area (Å²) in [7, 11) is 1.52. The number of carbonyl (C=O) groups excluding carboxylic acids is 4. The number of phenolic OH excluding ortho intramolecular Hbond substituents is 1. The number of allylic oxidation sites excluding steroid dienone is 2. The Morgan fingerprint density at radius 3 is 2.34 bits per heavy atom. The number of amides is 4. The van der Waals surface area contributed by atoms with Gasteiger partial charge in [0.05, 0.1) is 52.2 Å². The van der Waals surface area contributed by atoms with Gasteiger partial charge in [-0.05, 0) is 90.6 Å². The molecule has 53 heavy (non-hydrogen) atoms.